The van der Waals surface area contributed by atoms with E-state index in [9.17, 15) is 4.79 Å². The first-order valence-electron chi connectivity index (χ1n) is 6.08. The van der Waals surface area contributed by atoms with Crippen LogP contribution in [-0.4, -0.2) is 19.5 Å². The fourth-order valence-corrected chi connectivity index (χ4v) is 1.68. The predicted molar refractivity (Wildman–Crippen MR) is 70.6 cm³/mol. The molecule has 0 spiro atoms. The van der Waals surface area contributed by atoms with E-state index in [4.69, 9.17) is 4.74 Å². The third-order valence-electron chi connectivity index (χ3n) is 2.80. The fraction of sp³-hybridized carbons (Fsp3) is 0.533. The lowest BCUT2D eigenvalue weighted by atomic mass is 9.85. The van der Waals surface area contributed by atoms with E-state index in [2.05, 4.69) is 26.8 Å². The molecule has 2 heteroatoms. The van der Waals surface area contributed by atoms with Gasteiger partial charge in [-0.25, -0.2) is 0 Å². The van der Waals surface area contributed by atoms with Gasteiger partial charge in [-0.05, 0) is 23.5 Å². The number of benzene rings is 1. The molecule has 0 bridgehead atoms. The van der Waals surface area contributed by atoms with Crippen LogP contribution in [0.4, 0.5) is 0 Å². The van der Waals surface area contributed by atoms with Gasteiger partial charge in [-0.3, -0.25) is 4.79 Å². The molecule has 0 N–H and O–H groups in total. The van der Waals surface area contributed by atoms with E-state index in [1.165, 1.54) is 5.56 Å². The van der Waals surface area contributed by atoms with Gasteiger partial charge in [0.15, 0.2) is 5.78 Å². The van der Waals surface area contributed by atoms with Crippen molar-refractivity contribution < 1.29 is 9.53 Å². The van der Waals surface area contributed by atoms with E-state index < -0.39 is 0 Å². The Morgan fingerprint density at radius 1 is 1.29 bits per heavy atom. The summed E-state index contributed by atoms with van der Waals surface area (Å²) in [6, 6.07) is 7.94. The summed E-state index contributed by atoms with van der Waals surface area (Å²) in [5.41, 5.74) is 2.10. The largest absolute Gasteiger partial charge is 0.385 e. The van der Waals surface area contributed by atoms with Gasteiger partial charge in [0.05, 0.1) is 0 Å². The summed E-state index contributed by atoms with van der Waals surface area (Å²) in [5.74, 6) is 0.202. The van der Waals surface area contributed by atoms with Crippen LogP contribution in [0.3, 0.4) is 0 Å². The molecule has 94 valence electrons. The quantitative estimate of drug-likeness (QED) is 0.575. The van der Waals surface area contributed by atoms with Gasteiger partial charge in [0.1, 0.15) is 0 Å². The topological polar surface area (TPSA) is 26.3 Å². The average Bonchev–Trinajstić information content (AvgIpc) is 2.28. The van der Waals surface area contributed by atoms with Gasteiger partial charge >= 0.3 is 0 Å². The number of ketones is 1. The van der Waals surface area contributed by atoms with Crippen LogP contribution in [0.5, 0.6) is 0 Å². The molecule has 0 aliphatic heterocycles. The molecular formula is C15H22O2. The summed E-state index contributed by atoms with van der Waals surface area (Å²) in [6.45, 7) is 7.11. The van der Waals surface area contributed by atoms with Gasteiger partial charge in [0, 0.05) is 25.7 Å². The number of carbonyl (C=O) groups is 1. The van der Waals surface area contributed by atoms with Crippen LogP contribution in [0.15, 0.2) is 24.3 Å². The molecule has 0 saturated carbocycles. The molecular weight excluding hydrogens is 212 g/mol. The lowest BCUT2D eigenvalue weighted by Crippen LogP contribution is -2.12. The third-order valence-corrected chi connectivity index (χ3v) is 2.80. The Balaban J connectivity index is 2.74. The number of hydrogen-bond acceptors (Lipinski definition) is 2. The van der Waals surface area contributed by atoms with Crippen LogP contribution < -0.4 is 0 Å². The van der Waals surface area contributed by atoms with Crippen LogP contribution in [0.25, 0.3) is 0 Å². The second-order valence-corrected chi connectivity index (χ2v) is 5.35. The van der Waals surface area contributed by atoms with Crippen LogP contribution in [0.1, 0.15) is 49.5 Å². The maximum absolute atomic E-state index is 11.9. The summed E-state index contributed by atoms with van der Waals surface area (Å²) < 4.78 is 4.95. The minimum atomic E-state index is 0.0861. The second kappa shape index (κ2) is 5.97. The lowest BCUT2D eigenvalue weighted by molar-refractivity contribution is 0.0963. The van der Waals surface area contributed by atoms with Crippen molar-refractivity contribution in [2.75, 3.05) is 13.7 Å². The summed E-state index contributed by atoms with van der Waals surface area (Å²) in [5, 5.41) is 0. The molecule has 0 atom stereocenters. The average molecular weight is 234 g/mol. The standard InChI is InChI=1S/C15H22O2/c1-15(2,3)13-8-5-7-12(11-13)14(16)9-6-10-17-4/h5,7-8,11H,6,9-10H2,1-4H3. The first-order valence-corrected chi connectivity index (χ1v) is 6.08. The highest BCUT2D eigenvalue weighted by atomic mass is 16.5. The van der Waals surface area contributed by atoms with E-state index in [0.29, 0.717) is 13.0 Å². The van der Waals surface area contributed by atoms with E-state index in [1.807, 2.05) is 18.2 Å². The molecule has 1 rings (SSSR count). The Bertz CT molecular complexity index is 375. The third kappa shape index (κ3) is 4.31. The molecule has 0 saturated heterocycles. The van der Waals surface area contributed by atoms with Gasteiger partial charge in [0.25, 0.3) is 0 Å². The summed E-state index contributed by atoms with van der Waals surface area (Å²) >= 11 is 0. The van der Waals surface area contributed by atoms with Gasteiger partial charge in [0.2, 0.25) is 0 Å². The minimum Gasteiger partial charge on any atom is -0.385 e. The molecule has 0 heterocycles. The number of methoxy groups -OCH3 is 1. The molecule has 0 fully saturated rings. The second-order valence-electron chi connectivity index (χ2n) is 5.35. The van der Waals surface area contributed by atoms with Crippen molar-refractivity contribution in [3.05, 3.63) is 35.4 Å². The molecule has 0 radical (unpaired) electrons. The van der Waals surface area contributed by atoms with Crippen molar-refractivity contribution >= 4 is 5.78 Å². The Labute approximate surface area is 104 Å². The van der Waals surface area contributed by atoms with Gasteiger partial charge in [-0.1, -0.05) is 39.0 Å². The zero-order chi connectivity index (χ0) is 12.9. The molecule has 0 unspecified atom stereocenters. The predicted octanol–water partition coefficient (Wildman–Crippen LogP) is 3.59. The van der Waals surface area contributed by atoms with Crippen molar-refractivity contribution in [1.29, 1.82) is 0 Å². The lowest BCUT2D eigenvalue weighted by Gasteiger charge is -2.19. The number of ether oxygens (including phenoxy) is 1. The Morgan fingerprint density at radius 3 is 2.59 bits per heavy atom. The van der Waals surface area contributed by atoms with Crippen LogP contribution in [-0.2, 0) is 10.2 Å². The molecule has 17 heavy (non-hydrogen) atoms. The van der Waals surface area contributed by atoms with Crippen molar-refractivity contribution in [2.24, 2.45) is 0 Å². The van der Waals surface area contributed by atoms with Crippen LogP contribution in [0, 0.1) is 0 Å². The number of carbonyl (C=O) groups excluding carboxylic acids is 1. The highest BCUT2D eigenvalue weighted by Gasteiger charge is 2.15. The van der Waals surface area contributed by atoms with Crippen molar-refractivity contribution in [1.82, 2.24) is 0 Å². The molecule has 0 aromatic heterocycles. The van der Waals surface area contributed by atoms with Gasteiger partial charge < -0.3 is 4.74 Å². The minimum absolute atomic E-state index is 0.0861. The van der Waals surface area contributed by atoms with E-state index in [0.717, 1.165) is 12.0 Å². The Morgan fingerprint density at radius 2 is 2.00 bits per heavy atom. The highest BCUT2D eigenvalue weighted by molar-refractivity contribution is 5.96. The molecule has 0 aliphatic rings. The monoisotopic (exact) mass is 234 g/mol. The van der Waals surface area contributed by atoms with E-state index in [-0.39, 0.29) is 11.2 Å². The normalized spacial score (nSPS) is 11.5. The first-order chi connectivity index (χ1) is 7.95. The fourth-order valence-electron chi connectivity index (χ4n) is 1.68. The van der Waals surface area contributed by atoms with Crippen molar-refractivity contribution in [2.45, 2.75) is 39.0 Å². The number of rotatable bonds is 5. The first kappa shape index (κ1) is 13.9. The molecule has 0 aliphatic carbocycles. The van der Waals surface area contributed by atoms with Gasteiger partial charge in [-0.2, -0.15) is 0 Å². The smallest absolute Gasteiger partial charge is 0.162 e. The SMILES string of the molecule is COCCCC(=O)c1cccc(C(C)(C)C)c1. The van der Waals surface area contributed by atoms with Crippen LogP contribution in [0.2, 0.25) is 0 Å². The van der Waals surface area contributed by atoms with Crippen molar-refractivity contribution in [3.63, 3.8) is 0 Å². The summed E-state index contributed by atoms with van der Waals surface area (Å²) in [7, 11) is 1.66. The van der Waals surface area contributed by atoms with Crippen molar-refractivity contribution in [3.8, 4) is 0 Å². The molecule has 1 aromatic rings. The zero-order valence-corrected chi connectivity index (χ0v) is 11.2. The zero-order valence-electron chi connectivity index (χ0n) is 11.2. The van der Waals surface area contributed by atoms with Crippen LogP contribution >= 0.6 is 0 Å². The Kier molecular flexibility index (Phi) is 4.88. The molecule has 1 aromatic carbocycles. The molecule has 2 nitrogen and oxygen atoms in total. The summed E-state index contributed by atoms with van der Waals surface area (Å²) in [4.78, 5) is 11.9. The Hall–Kier alpha value is -1.15. The maximum atomic E-state index is 11.9. The maximum Gasteiger partial charge on any atom is 0.162 e. The number of Topliss-reactive ketones (excluding diaryl/α,β-unsaturated/α-hetero) is 1. The summed E-state index contributed by atoms with van der Waals surface area (Å²) in [6.07, 6.45) is 1.34. The van der Waals surface area contributed by atoms with E-state index in [1.54, 1.807) is 7.11 Å². The molecule has 0 amide bonds. The van der Waals surface area contributed by atoms with E-state index >= 15 is 0 Å². The number of hydrogen-bond donors (Lipinski definition) is 0. The van der Waals surface area contributed by atoms with Gasteiger partial charge in [-0.15, -0.1) is 0 Å². The highest BCUT2D eigenvalue weighted by Crippen LogP contribution is 2.23.